The van der Waals surface area contributed by atoms with Gasteiger partial charge in [0.25, 0.3) is 0 Å². The molecule has 0 radical (unpaired) electrons. The van der Waals surface area contributed by atoms with Crippen molar-refractivity contribution in [2.75, 3.05) is 18.0 Å². The summed E-state index contributed by atoms with van der Waals surface area (Å²) in [5.74, 6) is -0.881. The van der Waals surface area contributed by atoms with Crippen LogP contribution >= 0.6 is 0 Å². The lowest BCUT2D eigenvalue weighted by molar-refractivity contribution is -0.141. The third kappa shape index (κ3) is 2.52. The second-order valence-corrected chi connectivity index (χ2v) is 6.02. The molecule has 2 N–H and O–H groups in total. The highest BCUT2D eigenvalue weighted by Crippen LogP contribution is 2.31. The number of piperidine rings is 1. The number of aliphatic carboxylic acids is 1. The normalized spacial score (nSPS) is 26.1. The highest BCUT2D eigenvalue weighted by Gasteiger charge is 2.28. The summed E-state index contributed by atoms with van der Waals surface area (Å²) in [7, 11) is 0. The maximum Gasteiger partial charge on any atom is 0.308 e. The molecule has 3 rings (SSSR count). The van der Waals surface area contributed by atoms with E-state index < -0.39 is 5.97 Å². The van der Waals surface area contributed by atoms with E-state index in [9.17, 15) is 9.90 Å². The largest absolute Gasteiger partial charge is 0.481 e. The smallest absolute Gasteiger partial charge is 0.308 e. The molecule has 0 bridgehead atoms. The molecular formula is C16H22N2O2. The van der Waals surface area contributed by atoms with Crippen molar-refractivity contribution in [2.45, 2.75) is 38.8 Å². The Labute approximate surface area is 119 Å². The number of hydrogen-bond acceptors (Lipinski definition) is 3. The molecular weight excluding hydrogens is 252 g/mol. The summed E-state index contributed by atoms with van der Waals surface area (Å²) >= 11 is 0. The van der Waals surface area contributed by atoms with Crippen molar-refractivity contribution in [2.24, 2.45) is 5.92 Å². The maximum absolute atomic E-state index is 11.2. The van der Waals surface area contributed by atoms with Gasteiger partial charge in [0, 0.05) is 31.4 Å². The van der Waals surface area contributed by atoms with Crippen molar-refractivity contribution in [1.29, 1.82) is 0 Å². The minimum Gasteiger partial charge on any atom is -0.481 e. The van der Waals surface area contributed by atoms with Gasteiger partial charge in [-0.25, -0.2) is 0 Å². The fraction of sp³-hybridized carbons (Fsp3) is 0.562. The molecule has 1 fully saturated rings. The molecule has 0 aromatic heterocycles. The van der Waals surface area contributed by atoms with Crippen LogP contribution in [0.15, 0.2) is 18.2 Å². The van der Waals surface area contributed by atoms with Gasteiger partial charge in [0.15, 0.2) is 0 Å². The molecule has 0 amide bonds. The van der Waals surface area contributed by atoms with Gasteiger partial charge in [0.2, 0.25) is 0 Å². The maximum atomic E-state index is 11.2. The topological polar surface area (TPSA) is 52.6 Å². The lowest BCUT2D eigenvalue weighted by Crippen LogP contribution is -2.40. The molecule has 2 aliphatic rings. The number of nitrogens with one attached hydrogen (secondary N) is 1. The van der Waals surface area contributed by atoms with E-state index in [2.05, 4.69) is 35.3 Å². The van der Waals surface area contributed by atoms with Gasteiger partial charge in [-0.15, -0.1) is 0 Å². The zero-order valence-electron chi connectivity index (χ0n) is 11.9. The quantitative estimate of drug-likeness (QED) is 0.866. The van der Waals surface area contributed by atoms with Crippen molar-refractivity contribution >= 4 is 11.7 Å². The Morgan fingerprint density at radius 3 is 3.10 bits per heavy atom. The predicted molar refractivity (Wildman–Crippen MR) is 79.0 cm³/mol. The molecule has 0 spiro atoms. The second-order valence-electron chi connectivity index (χ2n) is 6.02. The number of nitrogens with zero attached hydrogens (tertiary/aromatic N) is 1. The van der Waals surface area contributed by atoms with E-state index in [4.69, 9.17) is 0 Å². The fourth-order valence-corrected chi connectivity index (χ4v) is 3.38. The van der Waals surface area contributed by atoms with Gasteiger partial charge in [-0.2, -0.15) is 0 Å². The molecule has 0 saturated carbocycles. The Hall–Kier alpha value is -1.55. The molecule has 4 nitrogen and oxygen atoms in total. The highest BCUT2D eigenvalue weighted by molar-refractivity contribution is 5.71. The van der Waals surface area contributed by atoms with Crippen LogP contribution in [-0.4, -0.2) is 30.2 Å². The number of benzene rings is 1. The van der Waals surface area contributed by atoms with E-state index in [-0.39, 0.29) is 5.92 Å². The first kappa shape index (κ1) is 13.4. The van der Waals surface area contributed by atoms with Gasteiger partial charge >= 0.3 is 5.97 Å². The molecule has 4 heteroatoms. The van der Waals surface area contributed by atoms with Crippen LogP contribution in [0.2, 0.25) is 0 Å². The van der Waals surface area contributed by atoms with E-state index in [1.54, 1.807) is 0 Å². The van der Waals surface area contributed by atoms with Crippen molar-refractivity contribution in [3.63, 3.8) is 0 Å². The van der Waals surface area contributed by atoms with Gasteiger partial charge in [0.05, 0.1) is 5.92 Å². The first-order chi connectivity index (χ1) is 9.65. The molecule has 20 heavy (non-hydrogen) atoms. The highest BCUT2D eigenvalue weighted by atomic mass is 16.4. The third-order valence-corrected chi connectivity index (χ3v) is 4.51. The Bertz CT molecular complexity index is 515. The van der Waals surface area contributed by atoms with Gasteiger partial charge < -0.3 is 15.3 Å². The second kappa shape index (κ2) is 5.44. The minimum absolute atomic E-state index is 0.223. The molecule has 108 valence electrons. The standard InChI is InChI=1S/C16H22N2O2/c1-11-8-14-12(9-17-11)4-2-6-15(14)18-7-3-5-13(10-18)16(19)20/h2,4,6,11,13,17H,3,5,7-10H2,1H3,(H,19,20). The monoisotopic (exact) mass is 274 g/mol. The Kier molecular flexibility index (Phi) is 3.66. The van der Waals surface area contributed by atoms with Crippen LogP contribution in [0.25, 0.3) is 0 Å². The SMILES string of the molecule is CC1Cc2c(cccc2N2CCCC(C(=O)O)C2)CN1. The van der Waals surface area contributed by atoms with Crippen molar-refractivity contribution in [1.82, 2.24) is 5.32 Å². The molecule has 2 heterocycles. The molecule has 1 saturated heterocycles. The lowest BCUT2D eigenvalue weighted by atomic mass is 9.92. The van der Waals surface area contributed by atoms with Crippen molar-refractivity contribution < 1.29 is 9.90 Å². The predicted octanol–water partition coefficient (Wildman–Crippen LogP) is 2.02. The summed E-state index contributed by atoms with van der Waals surface area (Å²) in [4.78, 5) is 13.5. The number of anilines is 1. The van der Waals surface area contributed by atoms with Crippen LogP contribution in [-0.2, 0) is 17.8 Å². The van der Waals surface area contributed by atoms with Gasteiger partial charge in [0.1, 0.15) is 0 Å². The average molecular weight is 274 g/mol. The third-order valence-electron chi connectivity index (χ3n) is 4.51. The first-order valence-corrected chi connectivity index (χ1v) is 7.47. The molecule has 0 aliphatic carbocycles. The zero-order chi connectivity index (χ0) is 14.1. The summed E-state index contributed by atoms with van der Waals surface area (Å²) < 4.78 is 0. The van der Waals surface area contributed by atoms with E-state index >= 15 is 0 Å². The number of carboxylic acid groups (broad SMARTS) is 1. The summed E-state index contributed by atoms with van der Waals surface area (Å²) in [5.41, 5.74) is 4.02. The van der Waals surface area contributed by atoms with Gasteiger partial charge in [-0.05, 0) is 43.4 Å². The summed E-state index contributed by atoms with van der Waals surface area (Å²) in [6, 6.07) is 6.91. The summed E-state index contributed by atoms with van der Waals surface area (Å²) in [5, 5.41) is 12.7. The Morgan fingerprint density at radius 1 is 1.45 bits per heavy atom. The summed E-state index contributed by atoms with van der Waals surface area (Å²) in [6.45, 7) is 4.74. The fourth-order valence-electron chi connectivity index (χ4n) is 3.38. The molecule has 2 unspecified atom stereocenters. The number of rotatable bonds is 2. The van der Waals surface area contributed by atoms with Gasteiger partial charge in [-0.3, -0.25) is 4.79 Å². The number of hydrogen-bond donors (Lipinski definition) is 2. The van der Waals surface area contributed by atoms with E-state index in [1.807, 2.05) is 0 Å². The zero-order valence-corrected chi connectivity index (χ0v) is 11.9. The van der Waals surface area contributed by atoms with E-state index in [0.717, 1.165) is 32.4 Å². The number of carbonyl (C=O) groups is 1. The van der Waals surface area contributed by atoms with E-state index in [0.29, 0.717) is 12.6 Å². The average Bonchev–Trinajstić information content (AvgIpc) is 2.46. The Morgan fingerprint density at radius 2 is 2.30 bits per heavy atom. The Balaban J connectivity index is 1.88. The first-order valence-electron chi connectivity index (χ1n) is 7.47. The van der Waals surface area contributed by atoms with Crippen molar-refractivity contribution in [3.05, 3.63) is 29.3 Å². The van der Waals surface area contributed by atoms with E-state index in [1.165, 1.54) is 16.8 Å². The summed E-state index contributed by atoms with van der Waals surface area (Å²) in [6.07, 6.45) is 2.80. The van der Waals surface area contributed by atoms with Crippen LogP contribution in [0.1, 0.15) is 30.9 Å². The molecule has 1 aromatic rings. The van der Waals surface area contributed by atoms with Crippen molar-refractivity contribution in [3.8, 4) is 0 Å². The molecule has 2 atom stereocenters. The van der Waals surface area contributed by atoms with Crippen LogP contribution in [0.3, 0.4) is 0 Å². The minimum atomic E-state index is -0.658. The van der Waals surface area contributed by atoms with Crippen LogP contribution in [0, 0.1) is 5.92 Å². The lowest BCUT2D eigenvalue weighted by Gasteiger charge is -2.36. The van der Waals surface area contributed by atoms with Crippen LogP contribution < -0.4 is 10.2 Å². The molecule has 2 aliphatic heterocycles. The van der Waals surface area contributed by atoms with Crippen LogP contribution in [0.4, 0.5) is 5.69 Å². The number of carboxylic acids is 1. The number of fused-ring (bicyclic) bond motifs is 1. The van der Waals surface area contributed by atoms with Crippen LogP contribution in [0.5, 0.6) is 0 Å². The van der Waals surface area contributed by atoms with Gasteiger partial charge in [-0.1, -0.05) is 12.1 Å². The molecule has 1 aromatic carbocycles.